The average Bonchev–Trinajstić information content (AvgIpc) is 2.49. The van der Waals surface area contributed by atoms with E-state index in [4.69, 9.17) is 9.47 Å². The van der Waals surface area contributed by atoms with Crippen molar-refractivity contribution in [2.75, 3.05) is 19.5 Å². The highest BCUT2D eigenvalue weighted by atomic mass is 32.2. The topological polar surface area (TPSA) is 97.1 Å². The molecular formula is C13H15N3O4S. The van der Waals surface area contributed by atoms with E-state index >= 15 is 0 Å². The summed E-state index contributed by atoms with van der Waals surface area (Å²) in [7, 11) is 1.61. The molecule has 0 spiro atoms. The van der Waals surface area contributed by atoms with E-state index in [1.54, 1.807) is 7.11 Å². The second kappa shape index (κ2) is 7.53. The third-order valence-corrected chi connectivity index (χ3v) is 3.58. The zero-order valence-electron chi connectivity index (χ0n) is 11.4. The molecule has 1 heterocycles. The van der Waals surface area contributed by atoms with Crippen LogP contribution in [0.15, 0.2) is 38.9 Å². The molecule has 0 saturated heterocycles. The molecule has 0 fully saturated rings. The van der Waals surface area contributed by atoms with E-state index in [1.807, 2.05) is 24.3 Å². The number of rotatable bonds is 7. The quantitative estimate of drug-likeness (QED) is 0.585. The Morgan fingerprint density at radius 2 is 1.90 bits per heavy atom. The van der Waals surface area contributed by atoms with Crippen molar-refractivity contribution in [3.05, 3.63) is 45.1 Å². The first-order valence-corrected chi connectivity index (χ1v) is 7.26. The third-order valence-electron chi connectivity index (χ3n) is 2.54. The predicted molar refractivity (Wildman–Crippen MR) is 79.3 cm³/mol. The summed E-state index contributed by atoms with van der Waals surface area (Å²) < 4.78 is 10.6. The zero-order valence-corrected chi connectivity index (χ0v) is 12.2. The summed E-state index contributed by atoms with van der Waals surface area (Å²) in [6.45, 7) is 0.528. The van der Waals surface area contributed by atoms with Crippen molar-refractivity contribution in [2.24, 2.45) is 0 Å². The van der Waals surface area contributed by atoms with Crippen LogP contribution in [0.2, 0.25) is 0 Å². The van der Waals surface area contributed by atoms with Gasteiger partial charge in [0.15, 0.2) is 5.03 Å². The molecule has 21 heavy (non-hydrogen) atoms. The molecule has 0 bridgehead atoms. The normalized spacial score (nSPS) is 10.3. The molecule has 112 valence electrons. The molecule has 0 radical (unpaired) electrons. The van der Waals surface area contributed by atoms with Crippen LogP contribution in [0.5, 0.6) is 11.5 Å². The fourth-order valence-electron chi connectivity index (χ4n) is 1.52. The van der Waals surface area contributed by atoms with Gasteiger partial charge >= 0.3 is 5.69 Å². The number of methoxy groups -OCH3 is 1. The lowest BCUT2D eigenvalue weighted by Gasteiger charge is -2.06. The molecule has 2 N–H and O–H groups in total. The van der Waals surface area contributed by atoms with Crippen LogP contribution in [0.4, 0.5) is 0 Å². The van der Waals surface area contributed by atoms with Gasteiger partial charge in [0.25, 0.3) is 5.56 Å². The average molecular weight is 309 g/mol. The van der Waals surface area contributed by atoms with E-state index in [1.165, 1.54) is 11.8 Å². The molecule has 0 aliphatic carbocycles. The monoisotopic (exact) mass is 309 g/mol. The van der Waals surface area contributed by atoms with Gasteiger partial charge in [-0.1, -0.05) is 11.8 Å². The maximum absolute atomic E-state index is 11.4. The van der Waals surface area contributed by atoms with Crippen molar-refractivity contribution in [3.63, 3.8) is 0 Å². The molecule has 0 unspecified atom stereocenters. The number of thioether (sulfide) groups is 1. The Labute approximate surface area is 124 Å². The number of H-pyrrole nitrogens is 2. The number of aromatic amines is 2. The number of benzene rings is 1. The van der Waals surface area contributed by atoms with Crippen LogP contribution in [0.25, 0.3) is 0 Å². The molecule has 8 heteroatoms. The molecule has 1 aromatic carbocycles. The summed E-state index contributed by atoms with van der Waals surface area (Å²) >= 11 is 1.27. The Hall–Kier alpha value is -2.22. The molecular weight excluding hydrogens is 294 g/mol. The Morgan fingerprint density at radius 3 is 2.57 bits per heavy atom. The van der Waals surface area contributed by atoms with Crippen LogP contribution >= 0.6 is 11.8 Å². The number of nitrogens with zero attached hydrogens (tertiary/aromatic N) is 1. The van der Waals surface area contributed by atoms with E-state index in [0.717, 1.165) is 17.9 Å². The van der Waals surface area contributed by atoms with Gasteiger partial charge in [0.2, 0.25) is 0 Å². The van der Waals surface area contributed by atoms with E-state index in [9.17, 15) is 9.59 Å². The molecule has 0 aliphatic heterocycles. The van der Waals surface area contributed by atoms with E-state index < -0.39 is 11.2 Å². The Bertz CT molecular complexity index is 681. The van der Waals surface area contributed by atoms with Crippen molar-refractivity contribution >= 4 is 11.8 Å². The van der Waals surface area contributed by atoms with Crippen molar-refractivity contribution in [1.29, 1.82) is 0 Å². The summed E-state index contributed by atoms with van der Waals surface area (Å²) in [5.41, 5.74) is -1.08. The number of nitrogens with one attached hydrogen (secondary N) is 2. The van der Waals surface area contributed by atoms with E-state index in [-0.39, 0.29) is 5.03 Å². The first kappa shape index (κ1) is 15.2. The molecule has 2 aromatic rings. The highest BCUT2D eigenvalue weighted by Crippen LogP contribution is 2.17. The standard InChI is InChI=1S/C13H15N3O4S/c1-19-9-3-5-10(6-4-9)20-7-2-8-21-12-11(17)14-13(18)16-15-12/h3-6H,2,7-8H2,1H3,(H2,14,16,17,18). The molecule has 0 saturated carbocycles. The van der Waals surface area contributed by atoms with Crippen molar-refractivity contribution in [1.82, 2.24) is 15.2 Å². The van der Waals surface area contributed by atoms with Gasteiger partial charge in [-0.15, -0.1) is 0 Å². The fourth-order valence-corrected chi connectivity index (χ4v) is 2.27. The third kappa shape index (κ3) is 4.67. The van der Waals surface area contributed by atoms with Crippen LogP contribution in [0, 0.1) is 0 Å². The minimum atomic E-state index is -0.604. The maximum Gasteiger partial charge on any atom is 0.342 e. The van der Waals surface area contributed by atoms with Gasteiger partial charge in [-0.05, 0) is 30.7 Å². The first-order valence-electron chi connectivity index (χ1n) is 6.27. The second-order valence-electron chi connectivity index (χ2n) is 4.04. The Morgan fingerprint density at radius 1 is 1.19 bits per heavy atom. The van der Waals surface area contributed by atoms with Crippen LogP contribution < -0.4 is 20.7 Å². The Balaban J connectivity index is 1.72. The predicted octanol–water partition coefficient (Wildman–Crippen LogP) is 1.03. The zero-order chi connectivity index (χ0) is 15.1. The van der Waals surface area contributed by atoms with Crippen LogP contribution in [0.3, 0.4) is 0 Å². The largest absolute Gasteiger partial charge is 0.497 e. The summed E-state index contributed by atoms with van der Waals surface area (Å²) in [4.78, 5) is 24.3. The highest BCUT2D eigenvalue weighted by molar-refractivity contribution is 7.99. The van der Waals surface area contributed by atoms with E-state index in [0.29, 0.717) is 12.4 Å². The molecule has 0 amide bonds. The minimum absolute atomic E-state index is 0.249. The molecule has 1 aromatic heterocycles. The summed E-state index contributed by atoms with van der Waals surface area (Å²) in [5, 5.41) is 6.12. The van der Waals surface area contributed by atoms with E-state index in [2.05, 4.69) is 15.2 Å². The van der Waals surface area contributed by atoms with Gasteiger partial charge < -0.3 is 9.47 Å². The minimum Gasteiger partial charge on any atom is -0.497 e. The van der Waals surface area contributed by atoms with Gasteiger partial charge in [0.1, 0.15) is 11.5 Å². The highest BCUT2D eigenvalue weighted by Gasteiger charge is 2.03. The fraction of sp³-hybridized carbons (Fsp3) is 0.308. The smallest absolute Gasteiger partial charge is 0.342 e. The summed E-state index contributed by atoms with van der Waals surface area (Å²) in [5.74, 6) is 2.21. The maximum atomic E-state index is 11.4. The number of hydrogen-bond donors (Lipinski definition) is 2. The van der Waals surface area contributed by atoms with Crippen molar-refractivity contribution < 1.29 is 9.47 Å². The molecule has 0 atom stereocenters. The SMILES string of the molecule is COc1ccc(OCCCSc2n[nH]c(=O)[nH]c2=O)cc1. The lowest BCUT2D eigenvalue weighted by molar-refractivity contribution is 0.318. The number of aromatic nitrogens is 3. The van der Waals surface area contributed by atoms with Gasteiger partial charge in [-0.25, -0.2) is 9.89 Å². The second-order valence-corrected chi connectivity index (χ2v) is 5.12. The van der Waals surface area contributed by atoms with Crippen LogP contribution in [0.1, 0.15) is 6.42 Å². The van der Waals surface area contributed by atoms with Crippen LogP contribution in [-0.4, -0.2) is 34.7 Å². The number of ether oxygens (including phenoxy) is 2. The number of hydrogen-bond acceptors (Lipinski definition) is 6. The molecule has 0 aliphatic rings. The van der Waals surface area contributed by atoms with Gasteiger partial charge in [0.05, 0.1) is 13.7 Å². The lowest BCUT2D eigenvalue weighted by atomic mass is 10.3. The lowest BCUT2D eigenvalue weighted by Crippen LogP contribution is -2.25. The van der Waals surface area contributed by atoms with Gasteiger partial charge in [-0.2, -0.15) is 5.10 Å². The van der Waals surface area contributed by atoms with Crippen LogP contribution in [-0.2, 0) is 0 Å². The van der Waals surface area contributed by atoms with Gasteiger partial charge in [-0.3, -0.25) is 9.78 Å². The molecule has 2 rings (SSSR count). The first-order chi connectivity index (χ1) is 10.2. The van der Waals surface area contributed by atoms with Crippen molar-refractivity contribution in [2.45, 2.75) is 11.4 Å². The summed E-state index contributed by atoms with van der Waals surface area (Å²) in [6, 6.07) is 7.32. The van der Waals surface area contributed by atoms with Crippen molar-refractivity contribution in [3.8, 4) is 11.5 Å². The summed E-state index contributed by atoms with van der Waals surface area (Å²) in [6.07, 6.45) is 0.747. The van der Waals surface area contributed by atoms with Gasteiger partial charge in [0, 0.05) is 5.75 Å². The molecule has 7 nitrogen and oxygen atoms in total. The Kier molecular flexibility index (Phi) is 5.44.